The molecule has 1 heterocycles. The monoisotopic (exact) mass is 717 g/mol. The number of benzene rings is 8. The fraction of sp³-hybridized carbons (Fsp3) is 0.0377. The smallest absolute Gasteiger partial charge is 0.164 e. The van der Waals surface area contributed by atoms with Crippen LogP contribution < -0.4 is 0 Å². The van der Waals surface area contributed by atoms with Gasteiger partial charge in [-0.05, 0) is 91.4 Å². The van der Waals surface area contributed by atoms with Crippen molar-refractivity contribution < 1.29 is 0 Å². The minimum Gasteiger partial charge on any atom is -0.208 e. The van der Waals surface area contributed by atoms with E-state index < -0.39 is 0 Å². The van der Waals surface area contributed by atoms with E-state index in [-0.39, 0.29) is 7.43 Å². The van der Waals surface area contributed by atoms with E-state index >= 15 is 0 Å². The highest BCUT2D eigenvalue weighted by molar-refractivity contribution is 5.90. The lowest BCUT2D eigenvalue weighted by molar-refractivity contribution is 1.07. The van der Waals surface area contributed by atoms with Crippen LogP contribution in [0.15, 0.2) is 200 Å². The lowest BCUT2D eigenvalue weighted by Crippen LogP contribution is -2.00. The van der Waals surface area contributed by atoms with E-state index in [0.717, 1.165) is 45.4 Å². The highest BCUT2D eigenvalue weighted by Gasteiger charge is 2.24. The number of fused-ring (bicyclic) bond motifs is 3. The maximum atomic E-state index is 5.10. The molecular formula is C53H39N3. The average Bonchev–Trinajstić information content (AvgIpc) is 3.67. The molecule has 56 heavy (non-hydrogen) atoms. The van der Waals surface area contributed by atoms with Gasteiger partial charge in [-0.15, -0.1) is 0 Å². The Kier molecular flexibility index (Phi) is 9.18. The molecule has 8 aromatic carbocycles. The molecule has 1 aliphatic rings. The van der Waals surface area contributed by atoms with E-state index in [2.05, 4.69) is 164 Å². The average molecular weight is 718 g/mol. The first-order valence-electron chi connectivity index (χ1n) is 18.7. The van der Waals surface area contributed by atoms with Crippen LogP contribution in [0.1, 0.15) is 18.6 Å². The fourth-order valence-electron chi connectivity index (χ4n) is 7.92. The quantitative estimate of drug-likeness (QED) is 0.165. The van der Waals surface area contributed by atoms with Crippen molar-refractivity contribution in [1.82, 2.24) is 15.0 Å². The van der Waals surface area contributed by atoms with Gasteiger partial charge in [-0.25, -0.2) is 15.0 Å². The molecule has 0 radical (unpaired) electrons. The maximum absolute atomic E-state index is 5.10. The lowest BCUT2D eigenvalue weighted by Gasteiger charge is -2.12. The van der Waals surface area contributed by atoms with Crippen molar-refractivity contribution in [1.29, 1.82) is 0 Å². The number of hydrogen-bond acceptors (Lipinski definition) is 3. The summed E-state index contributed by atoms with van der Waals surface area (Å²) < 4.78 is 0. The molecule has 0 amide bonds. The van der Waals surface area contributed by atoms with Crippen LogP contribution in [-0.4, -0.2) is 15.0 Å². The summed E-state index contributed by atoms with van der Waals surface area (Å²) in [6, 6.07) is 70.7. The standard InChI is InChI=1S/C52H35N3.CH4/c1-4-15-35(16-5-1)38-21-11-25-42(32-38)51-53-50(37-19-8-3-9-20-37)54-52(55-51)43-26-12-23-40(33-43)39-22-10-24-41(31-39)45-28-14-30-47-46-29-13-27-44(48(46)34-49(45)47)36-17-6-2-7-18-36;/h1-33H,34H2;1H4. The zero-order valence-corrected chi connectivity index (χ0v) is 30.1. The van der Waals surface area contributed by atoms with E-state index in [1.807, 2.05) is 36.4 Å². The molecule has 0 saturated carbocycles. The molecule has 266 valence electrons. The molecule has 0 fully saturated rings. The third kappa shape index (κ3) is 6.50. The summed E-state index contributed by atoms with van der Waals surface area (Å²) in [5, 5.41) is 0. The van der Waals surface area contributed by atoms with E-state index in [4.69, 9.17) is 15.0 Å². The molecule has 0 N–H and O–H groups in total. The van der Waals surface area contributed by atoms with Gasteiger partial charge in [0.15, 0.2) is 17.5 Å². The van der Waals surface area contributed by atoms with Crippen LogP contribution in [0.3, 0.4) is 0 Å². The summed E-state index contributed by atoms with van der Waals surface area (Å²) in [5.74, 6) is 1.93. The SMILES string of the molecule is C.c1ccc(-c2cccc(-c3nc(-c4ccccc4)nc(-c4cccc(-c5cccc(-c6cccc7c6Cc6c(-c8ccccc8)cccc6-7)c5)c4)n3)c2)cc1. The van der Waals surface area contributed by atoms with Gasteiger partial charge < -0.3 is 0 Å². The molecule has 1 aliphatic carbocycles. The summed E-state index contributed by atoms with van der Waals surface area (Å²) >= 11 is 0. The number of aromatic nitrogens is 3. The van der Waals surface area contributed by atoms with Crippen LogP contribution in [0.5, 0.6) is 0 Å². The van der Waals surface area contributed by atoms with Crippen LogP contribution in [0.25, 0.3) is 89.8 Å². The van der Waals surface area contributed by atoms with Gasteiger partial charge in [-0.3, -0.25) is 0 Å². The Bertz CT molecular complexity index is 2830. The Balaban J connectivity index is 0.00000410. The highest BCUT2D eigenvalue weighted by atomic mass is 15.0. The summed E-state index contributed by atoms with van der Waals surface area (Å²) in [7, 11) is 0. The number of rotatable bonds is 7. The Morgan fingerprint density at radius 2 is 0.571 bits per heavy atom. The van der Waals surface area contributed by atoms with Gasteiger partial charge in [0, 0.05) is 16.7 Å². The van der Waals surface area contributed by atoms with Crippen molar-refractivity contribution in [3.63, 3.8) is 0 Å². The predicted octanol–water partition coefficient (Wildman–Crippen LogP) is 13.7. The van der Waals surface area contributed by atoms with Crippen molar-refractivity contribution >= 4 is 0 Å². The van der Waals surface area contributed by atoms with Crippen molar-refractivity contribution in [2.75, 3.05) is 0 Å². The second-order valence-corrected chi connectivity index (χ2v) is 14.0. The summed E-state index contributed by atoms with van der Waals surface area (Å²) in [4.78, 5) is 15.1. The minimum atomic E-state index is 0. The van der Waals surface area contributed by atoms with E-state index in [0.29, 0.717) is 17.5 Å². The summed E-state index contributed by atoms with van der Waals surface area (Å²) in [6.45, 7) is 0. The molecule has 9 aromatic rings. The fourth-order valence-corrected chi connectivity index (χ4v) is 7.92. The molecule has 0 atom stereocenters. The Hall–Kier alpha value is -7.23. The van der Waals surface area contributed by atoms with Crippen molar-refractivity contribution in [2.24, 2.45) is 0 Å². The van der Waals surface area contributed by atoms with Crippen LogP contribution in [0.4, 0.5) is 0 Å². The second kappa shape index (κ2) is 14.9. The van der Waals surface area contributed by atoms with Gasteiger partial charge in [0.25, 0.3) is 0 Å². The zero-order chi connectivity index (χ0) is 36.6. The van der Waals surface area contributed by atoms with Gasteiger partial charge in [0.05, 0.1) is 0 Å². The number of nitrogens with zero attached hydrogens (tertiary/aromatic N) is 3. The van der Waals surface area contributed by atoms with E-state index in [1.54, 1.807) is 0 Å². The topological polar surface area (TPSA) is 38.7 Å². The van der Waals surface area contributed by atoms with E-state index in [1.165, 1.54) is 44.5 Å². The Labute approximate surface area is 328 Å². The second-order valence-electron chi connectivity index (χ2n) is 14.0. The van der Waals surface area contributed by atoms with Gasteiger partial charge in [-0.2, -0.15) is 0 Å². The van der Waals surface area contributed by atoms with Crippen molar-refractivity contribution in [3.8, 4) is 89.8 Å². The molecule has 0 bridgehead atoms. The molecule has 0 saturated heterocycles. The minimum absolute atomic E-state index is 0. The first-order chi connectivity index (χ1) is 27.2. The largest absolute Gasteiger partial charge is 0.208 e. The van der Waals surface area contributed by atoms with Crippen molar-refractivity contribution in [3.05, 3.63) is 211 Å². The molecule has 0 spiro atoms. The predicted molar refractivity (Wildman–Crippen MR) is 233 cm³/mol. The van der Waals surface area contributed by atoms with Gasteiger partial charge in [-0.1, -0.05) is 189 Å². The molecule has 10 rings (SSSR count). The zero-order valence-electron chi connectivity index (χ0n) is 30.1. The first-order valence-corrected chi connectivity index (χ1v) is 18.7. The van der Waals surface area contributed by atoms with Gasteiger partial charge in [0.1, 0.15) is 0 Å². The third-order valence-electron chi connectivity index (χ3n) is 10.6. The first kappa shape index (κ1) is 34.5. The molecule has 0 aliphatic heterocycles. The van der Waals surface area contributed by atoms with Crippen LogP contribution in [0.2, 0.25) is 0 Å². The summed E-state index contributed by atoms with van der Waals surface area (Å²) in [5.41, 5.74) is 17.9. The number of hydrogen-bond donors (Lipinski definition) is 0. The lowest BCUT2D eigenvalue weighted by atomic mass is 9.93. The molecule has 3 nitrogen and oxygen atoms in total. The molecule has 0 unspecified atom stereocenters. The van der Waals surface area contributed by atoms with Crippen LogP contribution in [0, 0.1) is 0 Å². The van der Waals surface area contributed by atoms with E-state index in [9.17, 15) is 0 Å². The van der Waals surface area contributed by atoms with Crippen LogP contribution in [-0.2, 0) is 6.42 Å². The maximum Gasteiger partial charge on any atom is 0.164 e. The van der Waals surface area contributed by atoms with Crippen molar-refractivity contribution in [2.45, 2.75) is 13.8 Å². The third-order valence-corrected chi connectivity index (χ3v) is 10.6. The molecule has 3 heteroatoms. The Morgan fingerprint density at radius 3 is 1.09 bits per heavy atom. The Morgan fingerprint density at radius 1 is 0.250 bits per heavy atom. The normalized spacial score (nSPS) is 11.4. The summed E-state index contributed by atoms with van der Waals surface area (Å²) in [6.07, 6.45) is 0.908. The molecule has 1 aromatic heterocycles. The van der Waals surface area contributed by atoms with Gasteiger partial charge in [0.2, 0.25) is 0 Å². The van der Waals surface area contributed by atoms with Gasteiger partial charge >= 0.3 is 0 Å². The molecular weight excluding hydrogens is 679 g/mol. The van der Waals surface area contributed by atoms with Crippen LogP contribution >= 0.6 is 0 Å². The highest BCUT2D eigenvalue weighted by Crippen LogP contribution is 2.45.